The van der Waals surface area contributed by atoms with Crippen LogP contribution in [0.2, 0.25) is 0 Å². The van der Waals surface area contributed by atoms with E-state index in [4.69, 9.17) is 5.11 Å². The van der Waals surface area contributed by atoms with Crippen LogP contribution in [0, 0.1) is 6.92 Å². The third-order valence-electron chi connectivity index (χ3n) is 3.20. The van der Waals surface area contributed by atoms with E-state index in [0.29, 0.717) is 0 Å². The van der Waals surface area contributed by atoms with Gasteiger partial charge in [-0.3, -0.25) is 4.79 Å². The third-order valence-corrected chi connectivity index (χ3v) is 3.20. The molecule has 0 bridgehead atoms. The van der Waals surface area contributed by atoms with Crippen molar-refractivity contribution < 1.29 is 14.7 Å². The zero-order chi connectivity index (χ0) is 14.6. The average molecular weight is 263 g/mol. The summed E-state index contributed by atoms with van der Waals surface area (Å²) in [7, 11) is 0. The van der Waals surface area contributed by atoms with E-state index in [2.05, 4.69) is 5.32 Å². The molecule has 0 aromatic heterocycles. The van der Waals surface area contributed by atoms with Crippen LogP contribution < -0.4 is 5.32 Å². The van der Waals surface area contributed by atoms with Crippen molar-refractivity contribution in [3.63, 3.8) is 0 Å². The number of hydrogen-bond donors (Lipinski definition) is 2. The topological polar surface area (TPSA) is 66.4 Å². The minimum absolute atomic E-state index is 0.0609. The number of benzene rings is 1. The molecular weight excluding hydrogens is 242 g/mol. The molecule has 104 valence electrons. The summed E-state index contributed by atoms with van der Waals surface area (Å²) >= 11 is 0. The first-order chi connectivity index (χ1) is 8.74. The average Bonchev–Trinajstić information content (AvgIpc) is 2.28. The van der Waals surface area contributed by atoms with Gasteiger partial charge in [0.1, 0.15) is 5.54 Å². The number of hydrogen-bond acceptors (Lipinski definition) is 2. The Balaban J connectivity index is 2.68. The van der Waals surface area contributed by atoms with Gasteiger partial charge in [0, 0.05) is 6.42 Å². The fourth-order valence-corrected chi connectivity index (χ4v) is 1.98. The predicted molar refractivity (Wildman–Crippen MR) is 74.1 cm³/mol. The summed E-state index contributed by atoms with van der Waals surface area (Å²) in [6, 6.07) is 7.90. The highest BCUT2D eigenvalue weighted by Gasteiger charge is 2.29. The first kappa shape index (κ1) is 15.2. The number of carbonyl (C=O) groups is 2. The SMILES string of the molecule is Cc1ccccc1C(C)CC(=O)NC(C)(C)C(=O)O. The molecule has 4 nitrogen and oxygen atoms in total. The maximum Gasteiger partial charge on any atom is 0.328 e. The van der Waals surface area contributed by atoms with Crippen LogP contribution in [0.15, 0.2) is 24.3 Å². The van der Waals surface area contributed by atoms with E-state index >= 15 is 0 Å². The van der Waals surface area contributed by atoms with Gasteiger partial charge in [-0.25, -0.2) is 4.79 Å². The van der Waals surface area contributed by atoms with E-state index in [-0.39, 0.29) is 18.2 Å². The molecule has 0 aliphatic heterocycles. The highest BCUT2D eigenvalue weighted by atomic mass is 16.4. The summed E-state index contributed by atoms with van der Waals surface area (Å²) in [5.41, 5.74) is 1.02. The Hall–Kier alpha value is -1.84. The lowest BCUT2D eigenvalue weighted by Gasteiger charge is -2.22. The maximum absolute atomic E-state index is 11.9. The monoisotopic (exact) mass is 263 g/mol. The number of carbonyl (C=O) groups excluding carboxylic acids is 1. The normalized spacial score (nSPS) is 12.8. The van der Waals surface area contributed by atoms with Crippen molar-refractivity contribution in [3.8, 4) is 0 Å². The summed E-state index contributed by atoms with van der Waals surface area (Å²) < 4.78 is 0. The Morgan fingerprint density at radius 2 is 1.89 bits per heavy atom. The molecule has 0 saturated heterocycles. The number of carboxylic acids is 1. The zero-order valence-corrected chi connectivity index (χ0v) is 11.9. The van der Waals surface area contributed by atoms with Crippen molar-refractivity contribution in [2.24, 2.45) is 0 Å². The molecule has 0 radical (unpaired) electrons. The molecule has 0 aliphatic rings. The van der Waals surface area contributed by atoms with Crippen molar-refractivity contribution in [2.45, 2.75) is 45.6 Å². The van der Waals surface area contributed by atoms with Crippen LogP contribution in [-0.2, 0) is 9.59 Å². The van der Waals surface area contributed by atoms with E-state index in [9.17, 15) is 9.59 Å². The Bertz CT molecular complexity index is 480. The lowest BCUT2D eigenvalue weighted by atomic mass is 9.93. The number of rotatable bonds is 5. The van der Waals surface area contributed by atoms with Gasteiger partial charge in [-0.2, -0.15) is 0 Å². The Morgan fingerprint density at radius 1 is 1.32 bits per heavy atom. The maximum atomic E-state index is 11.9. The smallest absolute Gasteiger partial charge is 0.328 e. The van der Waals surface area contributed by atoms with Crippen LogP contribution in [0.1, 0.15) is 44.2 Å². The van der Waals surface area contributed by atoms with Gasteiger partial charge in [0.15, 0.2) is 0 Å². The van der Waals surface area contributed by atoms with Gasteiger partial charge in [0.05, 0.1) is 0 Å². The van der Waals surface area contributed by atoms with Crippen molar-refractivity contribution in [1.29, 1.82) is 0 Å². The number of carboxylic acid groups (broad SMARTS) is 1. The van der Waals surface area contributed by atoms with Gasteiger partial charge < -0.3 is 10.4 Å². The number of aliphatic carboxylic acids is 1. The van der Waals surface area contributed by atoms with Gasteiger partial charge in [-0.1, -0.05) is 31.2 Å². The highest BCUT2D eigenvalue weighted by molar-refractivity contribution is 5.86. The third kappa shape index (κ3) is 4.09. The van der Waals surface area contributed by atoms with Gasteiger partial charge >= 0.3 is 5.97 Å². The summed E-state index contributed by atoms with van der Waals surface area (Å²) in [4.78, 5) is 22.8. The molecule has 0 fully saturated rings. The minimum atomic E-state index is -1.23. The predicted octanol–water partition coefficient (Wildman–Crippen LogP) is 2.47. The minimum Gasteiger partial charge on any atom is -0.480 e. The van der Waals surface area contributed by atoms with Crippen molar-refractivity contribution >= 4 is 11.9 Å². The molecule has 0 spiro atoms. The number of nitrogens with one attached hydrogen (secondary N) is 1. The van der Waals surface area contributed by atoms with Gasteiger partial charge in [0.25, 0.3) is 0 Å². The summed E-state index contributed by atoms with van der Waals surface area (Å²) in [6.45, 7) is 6.93. The standard InChI is InChI=1S/C15H21NO3/c1-10-7-5-6-8-12(10)11(2)9-13(17)16-15(3,4)14(18)19/h5-8,11H,9H2,1-4H3,(H,16,17)(H,18,19). The van der Waals surface area contributed by atoms with Crippen molar-refractivity contribution in [3.05, 3.63) is 35.4 Å². The summed E-state index contributed by atoms with van der Waals surface area (Å²) in [5, 5.41) is 11.5. The molecule has 1 aromatic carbocycles. The Labute approximate surface area is 113 Å². The first-order valence-electron chi connectivity index (χ1n) is 6.34. The number of amides is 1. The summed E-state index contributed by atoms with van der Waals surface area (Å²) in [5.74, 6) is -1.22. The van der Waals surface area contributed by atoms with Crippen LogP contribution in [0.25, 0.3) is 0 Å². The molecule has 0 saturated carbocycles. The van der Waals surface area contributed by atoms with Crippen LogP contribution in [0.4, 0.5) is 0 Å². The van der Waals surface area contributed by atoms with Crippen LogP contribution in [0.5, 0.6) is 0 Å². The molecule has 1 amide bonds. The van der Waals surface area contributed by atoms with Crippen LogP contribution >= 0.6 is 0 Å². The molecule has 2 N–H and O–H groups in total. The van der Waals surface area contributed by atoms with Crippen molar-refractivity contribution in [1.82, 2.24) is 5.32 Å². The molecule has 19 heavy (non-hydrogen) atoms. The summed E-state index contributed by atoms with van der Waals surface area (Å²) in [6.07, 6.45) is 0.279. The van der Waals surface area contributed by atoms with E-state index < -0.39 is 11.5 Å². The van der Waals surface area contributed by atoms with Gasteiger partial charge in [-0.15, -0.1) is 0 Å². The van der Waals surface area contributed by atoms with E-state index in [1.165, 1.54) is 13.8 Å². The van der Waals surface area contributed by atoms with E-state index in [0.717, 1.165) is 11.1 Å². The molecular formula is C15H21NO3. The molecule has 0 heterocycles. The van der Waals surface area contributed by atoms with Crippen LogP contribution in [0.3, 0.4) is 0 Å². The second kappa shape index (κ2) is 5.87. The highest BCUT2D eigenvalue weighted by Crippen LogP contribution is 2.22. The first-order valence-corrected chi connectivity index (χ1v) is 6.34. The lowest BCUT2D eigenvalue weighted by molar-refractivity contribution is -0.146. The molecule has 0 aliphatic carbocycles. The molecule has 1 rings (SSSR count). The quantitative estimate of drug-likeness (QED) is 0.857. The number of aryl methyl sites for hydroxylation is 1. The van der Waals surface area contributed by atoms with E-state index in [1.807, 2.05) is 38.1 Å². The molecule has 1 unspecified atom stereocenters. The van der Waals surface area contributed by atoms with Crippen LogP contribution in [-0.4, -0.2) is 22.5 Å². The lowest BCUT2D eigenvalue weighted by Crippen LogP contribution is -2.49. The molecule has 4 heteroatoms. The second-order valence-corrected chi connectivity index (χ2v) is 5.44. The van der Waals surface area contributed by atoms with Gasteiger partial charge in [-0.05, 0) is 37.8 Å². The van der Waals surface area contributed by atoms with Gasteiger partial charge in [0.2, 0.25) is 5.91 Å². The van der Waals surface area contributed by atoms with E-state index in [1.54, 1.807) is 0 Å². The second-order valence-electron chi connectivity index (χ2n) is 5.44. The zero-order valence-electron chi connectivity index (χ0n) is 11.9. The fourth-order valence-electron chi connectivity index (χ4n) is 1.98. The van der Waals surface area contributed by atoms with Crippen molar-refractivity contribution in [2.75, 3.05) is 0 Å². The fraction of sp³-hybridized carbons (Fsp3) is 0.467. The Kier molecular flexibility index (Phi) is 4.70. The Morgan fingerprint density at radius 3 is 2.42 bits per heavy atom. The molecule has 1 aromatic rings. The largest absolute Gasteiger partial charge is 0.480 e. The molecule has 1 atom stereocenters.